The minimum Gasteiger partial charge on any atom is -0.485 e. The second-order valence-corrected chi connectivity index (χ2v) is 4.94. The van der Waals surface area contributed by atoms with Gasteiger partial charge in [0, 0.05) is 13.2 Å². The molecule has 1 aromatic carbocycles. The minimum atomic E-state index is -0.0116. The number of aryl methyl sites for hydroxylation is 1. The Bertz CT molecular complexity index is 570. The molecule has 3 heteroatoms. The molecule has 0 spiro atoms. The van der Waals surface area contributed by atoms with Crippen molar-refractivity contribution in [3.63, 3.8) is 0 Å². The normalized spacial score (nSPS) is 10.7. The van der Waals surface area contributed by atoms with Crippen molar-refractivity contribution in [3.05, 3.63) is 53.9 Å². The van der Waals surface area contributed by atoms with Crippen LogP contribution in [0.2, 0.25) is 0 Å². The van der Waals surface area contributed by atoms with Crippen LogP contribution in [-0.4, -0.2) is 17.0 Å². The van der Waals surface area contributed by atoms with Crippen LogP contribution in [0.15, 0.2) is 42.6 Å². The summed E-state index contributed by atoms with van der Waals surface area (Å²) in [6, 6.07) is 11.5. The fraction of sp³-hybridized carbons (Fsp3) is 0.312. The van der Waals surface area contributed by atoms with Gasteiger partial charge in [-0.25, -0.2) is 0 Å². The Morgan fingerprint density at radius 2 is 2.05 bits per heavy atom. The van der Waals surface area contributed by atoms with Crippen LogP contribution in [0.4, 0.5) is 0 Å². The first-order valence-corrected chi connectivity index (χ1v) is 6.45. The largest absolute Gasteiger partial charge is 0.485 e. The van der Waals surface area contributed by atoms with Crippen molar-refractivity contribution in [2.75, 3.05) is 6.61 Å². The smallest absolute Gasteiger partial charge is 0.216 e. The lowest BCUT2D eigenvalue weighted by molar-refractivity contribution is 0.0913. The maximum absolute atomic E-state index is 12.0. The molecule has 0 aliphatic rings. The molecule has 0 fully saturated rings. The van der Waals surface area contributed by atoms with Gasteiger partial charge in [0.2, 0.25) is 5.78 Å². The van der Waals surface area contributed by atoms with Crippen molar-refractivity contribution in [1.29, 1.82) is 0 Å². The van der Waals surface area contributed by atoms with Crippen molar-refractivity contribution in [3.8, 4) is 5.75 Å². The van der Waals surface area contributed by atoms with Gasteiger partial charge in [0.15, 0.2) is 6.61 Å². The molecule has 2 aromatic rings. The summed E-state index contributed by atoms with van der Waals surface area (Å²) in [5, 5.41) is 0. The molecule has 0 N–H and O–H groups in total. The quantitative estimate of drug-likeness (QED) is 0.769. The third kappa shape index (κ3) is 3.25. The molecule has 0 amide bonds. The molecule has 2 rings (SSSR count). The van der Waals surface area contributed by atoms with Crippen LogP contribution in [0.5, 0.6) is 5.75 Å². The maximum Gasteiger partial charge on any atom is 0.216 e. The first-order valence-electron chi connectivity index (χ1n) is 6.45. The molecule has 0 saturated carbocycles. The second-order valence-electron chi connectivity index (χ2n) is 4.94. The summed E-state index contributed by atoms with van der Waals surface area (Å²) >= 11 is 0. The van der Waals surface area contributed by atoms with Crippen molar-refractivity contribution >= 4 is 5.78 Å². The number of hydrogen-bond donors (Lipinski definition) is 0. The van der Waals surface area contributed by atoms with E-state index in [9.17, 15) is 4.79 Å². The van der Waals surface area contributed by atoms with Gasteiger partial charge in [-0.3, -0.25) is 4.79 Å². The number of ketones is 1. The van der Waals surface area contributed by atoms with Gasteiger partial charge in [-0.15, -0.1) is 0 Å². The van der Waals surface area contributed by atoms with Crippen LogP contribution >= 0.6 is 0 Å². The molecule has 0 bridgehead atoms. The van der Waals surface area contributed by atoms with E-state index in [1.54, 1.807) is 10.6 Å². The number of carbonyl (C=O) groups is 1. The van der Waals surface area contributed by atoms with E-state index in [4.69, 9.17) is 4.74 Å². The lowest BCUT2D eigenvalue weighted by Crippen LogP contribution is -2.14. The molecule has 3 nitrogen and oxygen atoms in total. The molecule has 1 heterocycles. The topological polar surface area (TPSA) is 31.2 Å². The molecular formula is C16H19NO2. The van der Waals surface area contributed by atoms with Crippen LogP contribution in [0.1, 0.15) is 35.8 Å². The fourth-order valence-electron chi connectivity index (χ4n) is 1.94. The van der Waals surface area contributed by atoms with E-state index in [1.807, 2.05) is 37.5 Å². The summed E-state index contributed by atoms with van der Waals surface area (Å²) in [5.41, 5.74) is 1.88. The lowest BCUT2D eigenvalue weighted by Gasteiger charge is -2.09. The van der Waals surface area contributed by atoms with Crippen molar-refractivity contribution in [1.82, 2.24) is 4.57 Å². The molecule has 1 aromatic heterocycles. The van der Waals surface area contributed by atoms with E-state index >= 15 is 0 Å². The Labute approximate surface area is 113 Å². The van der Waals surface area contributed by atoms with Gasteiger partial charge in [-0.2, -0.15) is 0 Å². The van der Waals surface area contributed by atoms with Crippen LogP contribution in [-0.2, 0) is 7.05 Å². The molecule has 0 aliphatic carbocycles. The Morgan fingerprint density at radius 1 is 1.26 bits per heavy atom. The summed E-state index contributed by atoms with van der Waals surface area (Å²) < 4.78 is 7.38. The maximum atomic E-state index is 12.0. The van der Waals surface area contributed by atoms with E-state index in [0.717, 1.165) is 5.75 Å². The van der Waals surface area contributed by atoms with Crippen molar-refractivity contribution in [2.45, 2.75) is 19.8 Å². The molecule has 0 atom stereocenters. The predicted octanol–water partition coefficient (Wildman–Crippen LogP) is 3.41. The molecule has 0 unspecified atom stereocenters. The van der Waals surface area contributed by atoms with Crippen LogP contribution in [0.3, 0.4) is 0 Å². The number of carbonyl (C=O) groups excluding carboxylic acids is 1. The van der Waals surface area contributed by atoms with E-state index in [1.165, 1.54) is 5.56 Å². The predicted molar refractivity (Wildman–Crippen MR) is 75.8 cm³/mol. The van der Waals surface area contributed by atoms with Crippen molar-refractivity contribution in [2.24, 2.45) is 7.05 Å². The molecular weight excluding hydrogens is 238 g/mol. The Hall–Kier alpha value is -2.03. The van der Waals surface area contributed by atoms with Crippen LogP contribution in [0.25, 0.3) is 0 Å². The number of aromatic nitrogens is 1. The van der Waals surface area contributed by atoms with Gasteiger partial charge < -0.3 is 9.30 Å². The number of rotatable bonds is 5. The zero-order valence-electron chi connectivity index (χ0n) is 11.6. The summed E-state index contributed by atoms with van der Waals surface area (Å²) in [5.74, 6) is 1.18. The highest BCUT2D eigenvalue weighted by Crippen LogP contribution is 2.20. The first-order chi connectivity index (χ1) is 9.08. The Balaban J connectivity index is 2.01. The third-order valence-electron chi connectivity index (χ3n) is 3.12. The molecule has 19 heavy (non-hydrogen) atoms. The average Bonchev–Trinajstić information content (AvgIpc) is 2.82. The van der Waals surface area contributed by atoms with Gasteiger partial charge in [0.25, 0.3) is 0 Å². The first kappa shape index (κ1) is 13.4. The Morgan fingerprint density at radius 3 is 2.68 bits per heavy atom. The lowest BCUT2D eigenvalue weighted by atomic mass is 10.0. The van der Waals surface area contributed by atoms with Gasteiger partial charge in [-0.05, 0) is 35.7 Å². The SMILES string of the molecule is CC(C)c1cccc(OCC(=O)c2cccn2C)c1. The zero-order chi connectivity index (χ0) is 13.8. The standard InChI is InChI=1S/C16H19NO2/c1-12(2)13-6-4-7-14(10-13)19-11-16(18)15-8-5-9-17(15)3/h4-10,12H,11H2,1-3H3. The minimum absolute atomic E-state index is 0.0116. The van der Waals surface area contributed by atoms with E-state index in [2.05, 4.69) is 19.9 Å². The summed E-state index contributed by atoms with van der Waals surface area (Å²) in [4.78, 5) is 12.0. The van der Waals surface area contributed by atoms with Crippen LogP contribution < -0.4 is 4.74 Å². The molecule has 100 valence electrons. The number of nitrogens with zero attached hydrogens (tertiary/aromatic N) is 1. The monoisotopic (exact) mass is 257 g/mol. The Kier molecular flexibility index (Phi) is 4.05. The number of hydrogen-bond acceptors (Lipinski definition) is 2. The van der Waals surface area contributed by atoms with Crippen molar-refractivity contribution < 1.29 is 9.53 Å². The fourth-order valence-corrected chi connectivity index (χ4v) is 1.94. The van der Waals surface area contributed by atoms with Gasteiger partial charge in [0.1, 0.15) is 5.75 Å². The number of benzene rings is 1. The molecule has 0 saturated heterocycles. The molecule has 0 radical (unpaired) electrons. The number of Topliss-reactive ketones (excluding diaryl/α,β-unsaturated/α-hetero) is 1. The third-order valence-corrected chi connectivity index (χ3v) is 3.12. The second kappa shape index (κ2) is 5.74. The van der Waals surface area contributed by atoms with E-state index < -0.39 is 0 Å². The number of ether oxygens (including phenoxy) is 1. The average molecular weight is 257 g/mol. The van der Waals surface area contributed by atoms with E-state index in [-0.39, 0.29) is 12.4 Å². The zero-order valence-corrected chi connectivity index (χ0v) is 11.6. The summed E-state index contributed by atoms with van der Waals surface area (Å²) in [6.07, 6.45) is 1.85. The van der Waals surface area contributed by atoms with Gasteiger partial charge in [-0.1, -0.05) is 26.0 Å². The molecule has 0 aliphatic heterocycles. The van der Waals surface area contributed by atoms with E-state index in [0.29, 0.717) is 11.6 Å². The summed E-state index contributed by atoms with van der Waals surface area (Å²) in [6.45, 7) is 4.34. The van der Waals surface area contributed by atoms with Crippen LogP contribution in [0, 0.1) is 0 Å². The summed E-state index contributed by atoms with van der Waals surface area (Å²) in [7, 11) is 1.85. The highest BCUT2D eigenvalue weighted by molar-refractivity contribution is 5.95. The van der Waals surface area contributed by atoms with Gasteiger partial charge >= 0.3 is 0 Å². The highest BCUT2D eigenvalue weighted by Gasteiger charge is 2.10. The highest BCUT2D eigenvalue weighted by atomic mass is 16.5. The van der Waals surface area contributed by atoms with Gasteiger partial charge in [0.05, 0.1) is 5.69 Å².